The lowest BCUT2D eigenvalue weighted by atomic mass is 10.0. The predicted octanol–water partition coefficient (Wildman–Crippen LogP) is 3.84. The first-order valence-electron chi connectivity index (χ1n) is 7.78. The summed E-state index contributed by atoms with van der Waals surface area (Å²) in [4.78, 5) is -0.176. The zero-order chi connectivity index (χ0) is 19.0. The van der Waals surface area contributed by atoms with E-state index in [9.17, 15) is 18.9 Å². The van der Waals surface area contributed by atoms with E-state index in [0.717, 1.165) is 6.26 Å². The van der Waals surface area contributed by atoms with E-state index < -0.39 is 9.84 Å². The summed E-state index contributed by atoms with van der Waals surface area (Å²) in [6.45, 7) is 1.95. The van der Waals surface area contributed by atoms with Crippen molar-refractivity contribution in [2.24, 2.45) is 0 Å². The van der Waals surface area contributed by atoms with Crippen LogP contribution in [0.1, 0.15) is 12.5 Å². The molecular formula is C20H16N2O3S. The molecular weight excluding hydrogens is 348 g/mol. The van der Waals surface area contributed by atoms with Gasteiger partial charge >= 0.3 is 0 Å². The van der Waals surface area contributed by atoms with Gasteiger partial charge in [0.05, 0.1) is 11.5 Å². The molecule has 0 saturated carbocycles. The summed E-state index contributed by atoms with van der Waals surface area (Å²) in [5.74, 6) is 0. The van der Waals surface area contributed by atoms with Crippen molar-refractivity contribution in [1.82, 2.24) is 0 Å². The van der Waals surface area contributed by atoms with Crippen LogP contribution in [-0.2, 0) is 14.6 Å². The molecule has 0 spiro atoms. The summed E-state index contributed by atoms with van der Waals surface area (Å²) < 4.78 is 31.6. The van der Waals surface area contributed by atoms with Crippen LogP contribution in [0.3, 0.4) is 0 Å². The third-order valence-electron chi connectivity index (χ3n) is 3.48. The van der Waals surface area contributed by atoms with Crippen molar-refractivity contribution in [3.63, 3.8) is 0 Å². The van der Waals surface area contributed by atoms with E-state index in [2.05, 4.69) is 0 Å². The third kappa shape index (κ3) is 4.00. The van der Waals surface area contributed by atoms with E-state index >= 15 is 0 Å². The Labute approximate surface area is 153 Å². The number of nitriles is 2. The van der Waals surface area contributed by atoms with E-state index in [-0.39, 0.29) is 27.6 Å². The first-order valence-corrected chi connectivity index (χ1v) is 9.26. The number of benzene rings is 2. The van der Waals surface area contributed by atoms with Crippen molar-refractivity contribution in [3.05, 3.63) is 83.0 Å². The molecule has 0 heterocycles. The van der Waals surface area contributed by atoms with Gasteiger partial charge in [0.1, 0.15) is 28.9 Å². The summed E-state index contributed by atoms with van der Waals surface area (Å²) >= 11 is 0. The number of ether oxygens (including phenoxy) is 1. The van der Waals surface area contributed by atoms with E-state index in [1.165, 1.54) is 12.1 Å². The topological polar surface area (TPSA) is 90.9 Å². The van der Waals surface area contributed by atoms with Crippen molar-refractivity contribution in [1.29, 1.82) is 10.5 Å². The van der Waals surface area contributed by atoms with Gasteiger partial charge in [-0.15, -0.1) is 0 Å². The van der Waals surface area contributed by atoms with Gasteiger partial charge in [-0.05, 0) is 24.6 Å². The van der Waals surface area contributed by atoms with Crippen LogP contribution in [0, 0.1) is 22.7 Å². The van der Waals surface area contributed by atoms with Gasteiger partial charge in [-0.3, -0.25) is 0 Å². The molecule has 0 aliphatic rings. The number of rotatable bonds is 6. The van der Waals surface area contributed by atoms with Crippen LogP contribution < -0.4 is 0 Å². The quantitative estimate of drug-likeness (QED) is 0.441. The molecule has 0 amide bonds. The monoisotopic (exact) mass is 364 g/mol. The molecule has 0 unspecified atom stereocenters. The molecule has 0 fully saturated rings. The Kier molecular flexibility index (Phi) is 6.32. The van der Waals surface area contributed by atoms with Crippen molar-refractivity contribution in [3.8, 4) is 12.1 Å². The maximum atomic E-state index is 13.2. The molecule has 0 aliphatic heterocycles. The Balaban J connectivity index is 2.82. The molecule has 0 aliphatic carbocycles. The van der Waals surface area contributed by atoms with E-state index in [1.807, 2.05) is 0 Å². The summed E-state index contributed by atoms with van der Waals surface area (Å²) in [5.41, 5.74) is 0.158. The molecule has 0 bridgehead atoms. The van der Waals surface area contributed by atoms with Crippen LogP contribution in [-0.4, -0.2) is 15.0 Å². The zero-order valence-corrected chi connectivity index (χ0v) is 14.9. The van der Waals surface area contributed by atoms with Crippen molar-refractivity contribution in [2.45, 2.75) is 11.8 Å². The standard InChI is InChI=1S/C20H16N2O3S/c1-2-25-15-19(26(23,24)18-11-7-4-8-12-18)20(17(13-21)14-22)16-9-5-3-6-10-16/h3-12,15H,2H2,1H3/b19-15-. The van der Waals surface area contributed by atoms with Crippen LogP contribution in [0.5, 0.6) is 0 Å². The maximum absolute atomic E-state index is 13.2. The molecule has 0 N–H and O–H groups in total. The molecule has 6 heteroatoms. The molecule has 0 aromatic heterocycles. The van der Waals surface area contributed by atoms with Gasteiger partial charge in [0.25, 0.3) is 0 Å². The zero-order valence-electron chi connectivity index (χ0n) is 14.1. The van der Waals surface area contributed by atoms with Crippen molar-refractivity contribution < 1.29 is 13.2 Å². The summed E-state index contributed by atoms with van der Waals surface area (Å²) in [5, 5.41) is 18.8. The van der Waals surface area contributed by atoms with Crippen LogP contribution in [0.25, 0.3) is 5.57 Å². The molecule has 26 heavy (non-hydrogen) atoms. The first kappa shape index (κ1) is 19.0. The molecule has 5 nitrogen and oxygen atoms in total. The fourth-order valence-corrected chi connectivity index (χ4v) is 3.75. The largest absolute Gasteiger partial charge is 0.500 e. The smallest absolute Gasteiger partial charge is 0.210 e. The van der Waals surface area contributed by atoms with Gasteiger partial charge in [0, 0.05) is 5.57 Å². The number of allylic oxidation sites excluding steroid dienone is 2. The Bertz CT molecular complexity index is 994. The Morgan fingerprint density at radius 1 is 1.00 bits per heavy atom. The highest BCUT2D eigenvalue weighted by atomic mass is 32.2. The molecule has 2 aromatic rings. The SMILES string of the molecule is CCO/C=C(/C(=C(C#N)C#N)c1ccccc1)S(=O)(=O)c1ccccc1. The minimum atomic E-state index is -4.01. The number of sulfone groups is 1. The minimum Gasteiger partial charge on any atom is -0.500 e. The lowest BCUT2D eigenvalue weighted by molar-refractivity contribution is 0.268. The normalized spacial score (nSPS) is 11.1. The molecule has 130 valence electrons. The average molecular weight is 364 g/mol. The number of hydrogen-bond donors (Lipinski definition) is 0. The fraction of sp³-hybridized carbons (Fsp3) is 0.100. The molecule has 2 aromatic carbocycles. The lowest BCUT2D eigenvalue weighted by Crippen LogP contribution is -2.09. The van der Waals surface area contributed by atoms with Crippen LogP contribution in [0.15, 0.2) is 82.3 Å². The average Bonchev–Trinajstić information content (AvgIpc) is 2.69. The minimum absolute atomic E-state index is 0.0212. The van der Waals surface area contributed by atoms with Gasteiger partial charge in [0.2, 0.25) is 9.84 Å². The Hall–Kier alpha value is -3.35. The highest BCUT2D eigenvalue weighted by molar-refractivity contribution is 7.95. The summed E-state index contributed by atoms with van der Waals surface area (Å²) in [6.07, 6.45) is 1.10. The van der Waals surface area contributed by atoms with Crippen LogP contribution >= 0.6 is 0 Å². The highest BCUT2D eigenvalue weighted by Gasteiger charge is 2.28. The van der Waals surface area contributed by atoms with E-state index in [1.54, 1.807) is 67.6 Å². The van der Waals surface area contributed by atoms with Gasteiger partial charge in [0.15, 0.2) is 0 Å². The second-order valence-corrected chi connectivity index (χ2v) is 7.01. The highest BCUT2D eigenvalue weighted by Crippen LogP contribution is 2.34. The summed E-state index contributed by atoms with van der Waals surface area (Å²) in [6, 6.07) is 19.9. The van der Waals surface area contributed by atoms with E-state index in [4.69, 9.17) is 4.74 Å². The van der Waals surface area contributed by atoms with Gasteiger partial charge < -0.3 is 4.74 Å². The van der Waals surface area contributed by atoms with Gasteiger partial charge in [-0.2, -0.15) is 10.5 Å². The molecule has 2 rings (SSSR count). The molecule has 0 radical (unpaired) electrons. The number of hydrogen-bond acceptors (Lipinski definition) is 5. The van der Waals surface area contributed by atoms with Crippen LogP contribution in [0.2, 0.25) is 0 Å². The fourth-order valence-electron chi connectivity index (χ4n) is 2.29. The maximum Gasteiger partial charge on any atom is 0.210 e. The van der Waals surface area contributed by atoms with Crippen LogP contribution in [0.4, 0.5) is 0 Å². The molecule has 0 atom stereocenters. The first-order chi connectivity index (χ1) is 12.6. The second kappa shape index (κ2) is 8.66. The Morgan fingerprint density at radius 2 is 1.54 bits per heavy atom. The van der Waals surface area contributed by atoms with Crippen molar-refractivity contribution >= 4 is 15.4 Å². The summed E-state index contributed by atoms with van der Waals surface area (Å²) in [7, 11) is -4.01. The van der Waals surface area contributed by atoms with Gasteiger partial charge in [-0.1, -0.05) is 48.5 Å². The van der Waals surface area contributed by atoms with Crippen molar-refractivity contribution in [2.75, 3.05) is 6.61 Å². The second-order valence-electron chi connectivity index (χ2n) is 5.09. The lowest BCUT2D eigenvalue weighted by Gasteiger charge is -2.14. The molecule has 0 saturated heterocycles. The number of nitrogens with zero attached hydrogens (tertiary/aromatic N) is 2. The predicted molar refractivity (Wildman–Crippen MR) is 97.9 cm³/mol. The van der Waals surface area contributed by atoms with E-state index in [0.29, 0.717) is 5.56 Å². The third-order valence-corrected chi connectivity index (χ3v) is 5.25. The Morgan fingerprint density at radius 3 is 2.04 bits per heavy atom. The van der Waals surface area contributed by atoms with Gasteiger partial charge in [-0.25, -0.2) is 8.42 Å².